The van der Waals surface area contributed by atoms with Crippen LogP contribution in [0.5, 0.6) is 0 Å². The molecule has 0 saturated heterocycles. The van der Waals surface area contributed by atoms with Gasteiger partial charge >= 0.3 is 0 Å². The number of fused-ring (bicyclic) bond motifs is 2. The van der Waals surface area contributed by atoms with Crippen LogP contribution in [-0.4, -0.2) is 11.7 Å². The summed E-state index contributed by atoms with van der Waals surface area (Å²) in [6.45, 7) is 0. The Morgan fingerprint density at radius 3 is 2.60 bits per heavy atom. The molecule has 3 saturated carbocycles. The highest BCUT2D eigenvalue weighted by molar-refractivity contribution is 4.98. The first kappa shape index (κ1) is 10.1. The first-order valence-electron chi connectivity index (χ1n) is 6.59. The molecule has 5 atom stereocenters. The van der Waals surface area contributed by atoms with Crippen molar-refractivity contribution in [1.29, 1.82) is 0 Å². The normalized spacial score (nSPS) is 54.0. The summed E-state index contributed by atoms with van der Waals surface area (Å²) in [5.41, 5.74) is 4.93. The molecule has 5 unspecified atom stereocenters. The summed E-state index contributed by atoms with van der Waals surface area (Å²) in [5.74, 6) is 2.50. The quantitative estimate of drug-likeness (QED) is 0.746. The summed E-state index contributed by atoms with van der Waals surface area (Å²) in [4.78, 5) is 0. The molecule has 1 nitrogen and oxygen atoms in total. The number of rotatable bonds is 2. The molecule has 2 N–H and O–H groups in total. The molecule has 0 aromatic carbocycles. The molecular weight excluding hydrogens is 189 g/mol. The van der Waals surface area contributed by atoms with E-state index in [1.165, 1.54) is 25.7 Å². The second-order valence-electron chi connectivity index (χ2n) is 6.29. The topological polar surface area (TPSA) is 26.0 Å². The summed E-state index contributed by atoms with van der Waals surface area (Å²) in [5, 5.41) is 0. The highest BCUT2D eigenvalue weighted by atomic mass is 19.1. The van der Waals surface area contributed by atoms with E-state index in [9.17, 15) is 4.39 Å². The Labute approximate surface area is 91.6 Å². The molecule has 3 fully saturated rings. The second-order valence-corrected chi connectivity index (χ2v) is 6.29. The Kier molecular flexibility index (Phi) is 2.31. The van der Waals surface area contributed by atoms with Crippen molar-refractivity contribution in [2.75, 3.05) is 0 Å². The highest BCUT2D eigenvalue weighted by Gasteiger charge is 2.46. The van der Waals surface area contributed by atoms with Crippen molar-refractivity contribution in [2.24, 2.45) is 23.5 Å². The van der Waals surface area contributed by atoms with Crippen molar-refractivity contribution in [3.05, 3.63) is 0 Å². The number of halogens is 1. The van der Waals surface area contributed by atoms with E-state index in [0.717, 1.165) is 31.1 Å². The van der Waals surface area contributed by atoms with Crippen LogP contribution in [0.25, 0.3) is 0 Å². The SMILES string of the molecule is NC1CCC(F)(CC2CC3CCC2C3)C1. The first-order chi connectivity index (χ1) is 7.15. The second kappa shape index (κ2) is 3.44. The predicted octanol–water partition coefficient (Wildman–Crippen LogP) is 3.03. The van der Waals surface area contributed by atoms with Gasteiger partial charge in [0.25, 0.3) is 0 Å². The lowest BCUT2D eigenvalue weighted by Crippen LogP contribution is -2.28. The Balaban J connectivity index is 1.61. The van der Waals surface area contributed by atoms with Gasteiger partial charge in [0.1, 0.15) is 5.67 Å². The highest BCUT2D eigenvalue weighted by Crippen LogP contribution is 2.53. The third-order valence-electron chi connectivity index (χ3n) is 5.10. The van der Waals surface area contributed by atoms with Gasteiger partial charge in [-0.05, 0) is 62.7 Å². The largest absolute Gasteiger partial charge is 0.328 e. The molecule has 3 aliphatic carbocycles. The van der Waals surface area contributed by atoms with Gasteiger partial charge in [-0.2, -0.15) is 0 Å². The minimum Gasteiger partial charge on any atom is -0.328 e. The average Bonchev–Trinajstić information content (AvgIpc) is 2.82. The third-order valence-corrected chi connectivity index (χ3v) is 5.10. The van der Waals surface area contributed by atoms with E-state index in [0.29, 0.717) is 12.3 Å². The first-order valence-corrected chi connectivity index (χ1v) is 6.59. The maximum Gasteiger partial charge on any atom is 0.112 e. The van der Waals surface area contributed by atoms with Crippen molar-refractivity contribution in [3.63, 3.8) is 0 Å². The standard InChI is InChI=1S/C13H22FN/c14-13(4-3-12(15)8-13)7-11-6-9-1-2-10(11)5-9/h9-12H,1-8,15H2. The van der Waals surface area contributed by atoms with Crippen molar-refractivity contribution in [3.8, 4) is 0 Å². The Morgan fingerprint density at radius 1 is 1.20 bits per heavy atom. The van der Waals surface area contributed by atoms with Crippen LogP contribution in [0.1, 0.15) is 51.4 Å². The molecule has 0 aromatic rings. The van der Waals surface area contributed by atoms with Crippen molar-refractivity contribution in [2.45, 2.75) is 63.1 Å². The Morgan fingerprint density at radius 2 is 2.07 bits per heavy atom. The minimum atomic E-state index is -0.894. The van der Waals surface area contributed by atoms with Gasteiger partial charge in [0.05, 0.1) is 0 Å². The Hall–Kier alpha value is -0.110. The molecule has 3 rings (SSSR count). The number of alkyl halides is 1. The van der Waals surface area contributed by atoms with Crippen LogP contribution in [0.15, 0.2) is 0 Å². The van der Waals surface area contributed by atoms with Crippen LogP contribution < -0.4 is 5.73 Å². The van der Waals surface area contributed by atoms with Crippen LogP contribution >= 0.6 is 0 Å². The van der Waals surface area contributed by atoms with Crippen molar-refractivity contribution in [1.82, 2.24) is 0 Å². The van der Waals surface area contributed by atoms with E-state index < -0.39 is 5.67 Å². The molecule has 2 bridgehead atoms. The van der Waals surface area contributed by atoms with Gasteiger partial charge in [0, 0.05) is 6.04 Å². The summed E-state index contributed by atoms with van der Waals surface area (Å²) < 4.78 is 14.5. The fraction of sp³-hybridized carbons (Fsp3) is 1.00. The molecule has 15 heavy (non-hydrogen) atoms. The summed E-state index contributed by atoms with van der Waals surface area (Å²) in [6.07, 6.45) is 8.57. The fourth-order valence-electron chi connectivity index (χ4n) is 4.40. The van der Waals surface area contributed by atoms with Crippen LogP contribution in [-0.2, 0) is 0 Å². The van der Waals surface area contributed by atoms with E-state index >= 15 is 0 Å². The zero-order valence-electron chi connectivity index (χ0n) is 9.42. The van der Waals surface area contributed by atoms with Crippen LogP contribution in [0, 0.1) is 17.8 Å². The summed E-state index contributed by atoms with van der Waals surface area (Å²) in [6, 6.07) is 0.133. The molecule has 2 heteroatoms. The number of hydrogen-bond donors (Lipinski definition) is 1. The number of hydrogen-bond acceptors (Lipinski definition) is 1. The minimum absolute atomic E-state index is 0.133. The number of nitrogens with two attached hydrogens (primary N) is 1. The summed E-state index contributed by atoms with van der Waals surface area (Å²) in [7, 11) is 0. The summed E-state index contributed by atoms with van der Waals surface area (Å²) >= 11 is 0. The van der Waals surface area contributed by atoms with E-state index in [1.807, 2.05) is 0 Å². The zero-order chi connectivity index (χ0) is 10.5. The monoisotopic (exact) mass is 211 g/mol. The zero-order valence-corrected chi connectivity index (χ0v) is 9.42. The molecule has 0 aromatic heterocycles. The van der Waals surface area contributed by atoms with Gasteiger partial charge < -0.3 is 5.73 Å². The molecule has 0 aliphatic heterocycles. The molecule has 3 aliphatic rings. The van der Waals surface area contributed by atoms with Gasteiger partial charge in [-0.3, -0.25) is 0 Å². The van der Waals surface area contributed by atoms with Gasteiger partial charge in [0.2, 0.25) is 0 Å². The van der Waals surface area contributed by atoms with Crippen molar-refractivity contribution >= 4 is 0 Å². The molecule has 86 valence electrons. The van der Waals surface area contributed by atoms with Gasteiger partial charge in [-0.1, -0.05) is 6.42 Å². The third kappa shape index (κ3) is 1.82. The van der Waals surface area contributed by atoms with Gasteiger partial charge in [0.15, 0.2) is 0 Å². The van der Waals surface area contributed by atoms with Crippen LogP contribution in [0.2, 0.25) is 0 Å². The fourth-order valence-corrected chi connectivity index (χ4v) is 4.40. The molecule has 0 heterocycles. The predicted molar refractivity (Wildman–Crippen MR) is 59.2 cm³/mol. The Bertz CT molecular complexity index is 255. The van der Waals surface area contributed by atoms with E-state index in [2.05, 4.69) is 0 Å². The maximum absolute atomic E-state index is 14.5. The molecule has 0 spiro atoms. The van der Waals surface area contributed by atoms with E-state index in [4.69, 9.17) is 5.73 Å². The lowest BCUT2D eigenvalue weighted by Gasteiger charge is -2.28. The van der Waals surface area contributed by atoms with E-state index in [1.54, 1.807) is 0 Å². The molecule has 0 amide bonds. The molecule has 0 radical (unpaired) electrons. The maximum atomic E-state index is 14.5. The smallest absolute Gasteiger partial charge is 0.112 e. The van der Waals surface area contributed by atoms with E-state index in [-0.39, 0.29) is 6.04 Å². The van der Waals surface area contributed by atoms with Crippen LogP contribution in [0.4, 0.5) is 4.39 Å². The average molecular weight is 211 g/mol. The lowest BCUT2D eigenvalue weighted by atomic mass is 9.80. The van der Waals surface area contributed by atoms with Crippen LogP contribution in [0.3, 0.4) is 0 Å². The molecular formula is C13H22FN. The van der Waals surface area contributed by atoms with Gasteiger partial charge in [-0.15, -0.1) is 0 Å². The lowest BCUT2D eigenvalue weighted by molar-refractivity contribution is 0.109. The van der Waals surface area contributed by atoms with Gasteiger partial charge in [-0.25, -0.2) is 4.39 Å². The van der Waals surface area contributed by atoms with Crippen molar-refractivity contribution < 1.29 is 4.39 Å².